The molecule has 34 heavy (non-hydrogen) atoms. The molecule has 2 saturated heterocycles. The molecule has 2 unspecified atom stereocenters. The van der Waals surface area contributed by atoms with Gasteiger partial charge in [0.05, 0.1) is 18.4 Å². The van der Waals surface area contributed by atoms with Crippen molar-refractivity contribution in [3.8, 4) is 11.5 Å². The first-order valence-electron chi connectivity index (χ1n) is 11.7. The number of rotatable bonds is 5. The van der Waals surface area contributed by atoms with Crippen LogP contribution < -0.4 is 4.74 Å². The molecule has 0 radical (unpaired) electrons. The molecule has 7 nitrogen and oxygen atoms in total. The predicted octanol–water partition coefficient (Wildman–Crippen LogP) is 3.90. The van der Waals surface area contributed by atoms with E-state index in [0.29, 0.717) is 50.3 Å². The van der Waals surface area contributed by atoms with Gasteiger partial charge in [-0.05, 0) is 62.6 Å². The molecule has 2 fully saturated rings. The third kappa shape index (κ3) is 5.99. The monoisotopic (exact) mass is 467 g/mol. The molecular weight excluding hydrogens is 437 g/mol. The number of piperidine rings is 1. The molecule has 2 aliphatic rings. The van der Waals surface area contributed by atoms with Crippen LogP contribution in [0, 0.1) is 11.7 Å². The summed E-state index contributed by atoms with van der Waals surface area (Å²) < 4.78 is 25.6. The molecule has 1 aromatic heterocycles. The van der Waals surface area contributed by atoms with Crippen LogP contribution in [0.3, 0.4) is 0 Å². The van der Waals surface area contributed by atoms with Crippen LogP contribution in [0.25, 0.3) is 6.08 Å². The van der Waals surface area contributed by atoms with Crippen LogP contribution in [0.2, 0.25) is 0 Å². The van der Waals surface area contributed by atoms with Crippen LogP contribution in [-0.4, -0.2) is 65.0 Å². The number of ether oxygens (including phenoxy) is 2. The van der Waals surface area contributed by atoms with Gasteiger partial charge in [0.2, 0.25) is 11.8 Å². The normalized spacial score (nSPS) is 21.6. The van der Waals surface area contributed by atoms with Crippen molar-refractivity contribution in [2.45, 2.75) is 38.9 Å². The molecule has 0 saturated carbocycles. The summed E-state index contributed by atoms with van der Waals surface area (Å²) in [6.45, 7) is 6.26. The fourth-order valence-corrected chi connectivity index (χ4v) is 4.47. The van der Waals surface area contributed by atoms with Gasteiger partial charge in [-0.1, -0.05) is 6.07 Å². The first kappa shape index (κ1) is 23.9. The Balaban J connectivity index is 1.28. The molecule has 180 valence electrons. The van der Waals surface area contributed by atoms with Crippen molar-refractivity contribution < 1.29 is 23.5 Å². The van der Waals surface area contributed by atoms with Crippen molar-refractivity contribution in [1.29, 1.82) is 0 Å². The van der Waals surface area contributed by atoms with Gasteiger partial charge in [-0.15, -0.1) is 0 Å². The molecule has 3 heterocycles. The van der Waals surface area contributed by atoms with E-state index in [1.807, 2.05) is 18.7 Å². The third-order valence-corrected chi connectivity index (χ3v) is 6.12. The SMILES string of the molecule is CC1CN(C(=O)C2CCN(C(=O)/C=C/c3ccc(Oc4cccnc4)c(F)c3)CC2)CC(C)O1. The lowest BCUT2D eigenvalue weighted by Gasteiger charge is -2.39. The molecule has 0 spiro atoms. The smallest absolute Gasteiger partial charge is 0.246 e. The number of amides is 2. The number of likely N-dealkylation sites (tertiary alicyclic amines) is 1. The Bertz CT molecular complexity index is 1030. The highest BCUT2D eigenvalue weighted by Gasteiger charge is 2.33. The van der Waals surface area contributed by atoms with E-state index in [1.165, 1.54) is 24.4 Å². The number of nitrogens with zero attached hydrogens (tertiary/aromatic N) is 3. The second-order valence-electron chi connectivity index (χ2n) is 8.91. The van der Waals surface area contributed by atoms with Crippen LogP contribution in [0.4, 0.5) is 4.39 Å². The number of hydrogen-bond acceptors (Lipinski definition) is 5. The topological polar surface area (TPSA) is 72.0 Å². The van der Waals surface area contributed by atoms with Crippen LogP contribution in [-0.2, 0) is 14.3 Å². The number of aromatic nitrogens is 1. The van der Waals surface area contributed by atoms with Gasteiger partial charge in [0.25, 0.3) is 0 Å². The predicted molar refractivity (Wildman–Crippen MR) is 126 cm³/mol. The number of hydrogen-bond donors (Lipinski definition) is 0. The molecule has 0 bridgehead atoms. The van der Waals surface area contributed by atoms with Crippen LogP contribution in [0.1, 0.15) is 32.3 Å². The third-order valence-electron chi connectivity index (χ3n) is 6.12. The molecule has 0 aliphatic carbocycles. The van der Waals surface area contributed by atoms with E-state index < -0.39 is 5.82 Å². The maximum atomic E-state index is 14.4. The second kappa shape index (κ2) is 10.8. The molecule has 1 aromatic carbocycles. The average Bonchev–Trinajstić information content (AvgIpc) is 2.84. The van der Waals surface area contributed by atoms with Gasteiger partial charge in [0.15, 0.2) is 11.6 Å². The van der Waals surface area contributed by atoms with Gasteiger partial charge in [-0.3, -0.25) is 14.6 Å². The van der Waals surface area contributed by atoms with E-state index >= 15 is 0 Å². The van der Waals surface area contributed by atoms with Crippen molar-refractivity contribution in [3.63, 3.8) is 0 Å². The Hall–Kier alpha value is -3.26. The highest BCUT2D eigenvalue weighted by Crippen LogP contribution is 2.25. The minimum Gasteiger partial charge on any atom is -0.453 e. The first-order chi connectivity index (χ1) is 16.4. The van der Waals surface area contributed by atoms with Gasteiger partial charge in [-0.2, -0.15) is 0 Å². The number of pyridine rings is 1. The molecular formula is C26H30FN3O4. The quantitative estimate of drug-likeness (QED) is 0.624. The first-order valence-corrected chi connectivity index (χ1v) is 11.7. The Morgan fingerprint density at radius 3 is 2.50 bits per heavy atom. The molecule has 2 atom stereocenters. The Morgan fingerprint density at radius 1 is 1.12 bits per heavy atom. The number of morpholine rings is 1. The van der Waals surface area contributed by atoms with Crippen molar-refractivity contribution in [1.82, 2.24) is 14.8 Å². The highest BCUT2D eigenvalue weighted by molar-refractivity contribution is 5.92. The van der Waals surface area contributed by atoms with Crippen molar-refractivity contribution in [3.05, 3.63) is 60.2 Å². The maximum Gasteiger partial charge on any atom is 0.246 e. The number of carbonyl (C=O) groups is 2. The Morgan fingerprint density at radius 2 is 1.85 bits per heavy atom. The molecule has 0 N–H and O–H groups in total. The summed E-state index contributed by atoms with van der Waals surface area (Å²) in [4.78, 5) is 33.1. The van der Waals surface area contributed by atoms with Crippen LogP contribution in [0.15, 0.2) is 48.8 Å². The van der Waals surface area contributed by atoms with E-state index in [1.54, 1.807) is 35.4 Å². The van der Waals surface area contributed by atoms with Crippen molar-refractivity contribution >= 4 is 17.9 Å². The standard InChI is InChI=1S/C26H30FN3O4/c1-18-16-30(17-19(2)33-18)26(32)21-9-12-29(13-10-21)25(31)8-6-20-5-7-24(23(27)14-20)34-22-4-3-11-28-15-22/h3-8,11,14-15,18-19,21H,9-10,12-13,16-17H2,1-2H3/b8-6+. The molecule has 8 heteroatoms. The minimum atomic E-state index is -0.524. The zero-order valence-electron chi connectivity index (χ0n) is 19.5. The lowest BCUT2D eigenvalue weighted by Crippen LogP contribution is -2.51. The fourth-order valence-electron chi connectivity index (χ4n) is 4.47. The summed E-state index contributed by atoms with van der Waals surface area (Å²) in [5.41, 5.74) is 0.560. The summed E-state index contributed by atoms with van der Waals surface area (Å²) in [5.74, 6) is -0.0347. The van der Waals surface area contributed by atoms with Gasteiger partial charge < -0.3 is 19.3 Å². The summed E-state index contributed by atoms with van der Waals surface area (Å²) in [7, 11) is 0. The summed E-state index contributed by atoms with van der Waals surface area (Å²) >= 11 is 0. The molecule has 2 aliphatic heterocycles. The minimum absolute atomic E-state index is 0.0420. The van der Waals surface area contributed by atoms with E-state index in [-0.39, 0.29) is 35.7 Å². The zero-order valence-corrected chi connectivity index (χ0v) is 19.5. The van der Waals surface area contributed by atoms with Gasteiger partial charge in [-0.25, -0.2) is 4.39 Å². The summed E-state index contributed by atoms with van der Waals surface area (Å²) in [6.07, 6.45) is 7.53. The molecule has 2 aromatic rings. The largest absolute Gasteiger partial charge is 0.453 e. The number of halogens is 1. The molecule has 4 rings (SSSR count). The summed E-state index contributed by atoms with van der Waals surface area (Å²) in [6, 6.07) is 7.94. The number of benzene rings is 1. The van der Waals surface area contributed by atoms with Crippen LogP contribution >= 0.6 is 0 Å². The molecule has 2 amide bonds. The maximum absolute atomic E-state index is 14.4. The Kier molecular flexibility index (Phi) is 7.57. The summed E-state index contributed by atoms with van der Waals surface area (Å²) in [5, 5.41) is 0. The zero-order chi connectivity index (χ0) is 24.1. The van der Waals surface area contributed by atoms with E-state index in [9.17, 15) is 14.0 Å². The van der Waals surface area contributed by atoms with Gasteiger partial charge in [0.1, 0.15) is 5.75 Å². The lowest BCUT2D eigenvalue weighted by molar-refractivity contribution is -0.149. The average molecular weight is 468 g/mol. The lowest BCUT2D eigenvalue weighted by atomic mass is 9.94. The Labute approximate surface area is 199 Å². The van der Waals surface area contributed by atoms with Crippen LogP contribution in [0.5, 0.6) is 11.5 Å². The van der Waals surface area contributed by atoms with Gasteiger partial charge >= 0.3 is 0 Å². The van der Waals surface area contributed by atoms with E-state index in [0.717, 1.165) is 0 Å². The van der Waals surface area contributed by atoms with Crippen molar-refractivity contribution in [2.75, 3.05) is 26.2 Å². The van der Waals surface area contributed by atoms with Crippen molar-refractivity contribution in [2.24, 2.45) is 5.92 Å². The fraction of sp³-hybridized carbons (Fsp3) is 0.423. The highest BCUT2D eigenvalue weighted by atomic mass is 19.1. The van der Waals surface area contributed by atoms with E-state index in [4.69, 9.17) is 9.47 Å². The number of carbonyl (C=O) groups excluding carboxylic acids is 2. The van der Waals surface area contributed by atoms with E-state index in [2.05, 4.69) is 4.98 Å². The second-order valence-corrected chi connectivity index (χ2v) is 8.91. The van der Waals surface area contributed by atoms with Gasteiger partial charge in [0, 0.05) is 44.4 Å².